The highest BCUT2D eigenvalue weighted by Crippen LogP contribution is 2.24. The second-order valence-electron chi connectivity index (χ2n) is 8.70. The van der Waals surface area contributed by atoms with E-state index in [0.717, 1.165) is 44.9 Å². The molecule has 0 aliphatic heterocycles. The molecule has 0 aromatic heterocycles. The van der Waals surface area contributed by atoms with Crippen LogP contribution < -0.4 is 0 Å². The molecule has 0 aromatic rings. The predicted octanol–water partition coefficient (Wildman–Crippen LogP) is 7.24. The van der Waals surface area contributed by atoms with Gasteiger partial charge in [0.15, 0.2) is 0 Å². The highest BCUT2D eigenvalue weighted by Gasteiger charge is 2.15. The van der Waals surface area contributed by atoms with Crippen LogP contribution in [0.2, 0.25) is 0 Å². The Morgan fingerprint density at radius 1 is 0.621 bits per heavy atom. The second-order valence-corrected chi connectivity index (χ2v) is 8.70. The Kier molecular flexibility index (Phi) is 19.5. The summed E-state index contributed by atoms with van der Waals surface area (Å²) >= 11 is 0. The van der Waals surface area contributed by atoms with Crippen molar-refractivity contribution in [1.82, 2.24) is 0 Å². The SMILES string of the molecule is CCCCOC(=O)CCCCCCCCCC(CCC(=O)OCCCC)C(C)C. The number of hydrogen-bond acceptors (Lipinski definition) is 4. The molecule has 0 saturated carbocycles. The van der Waals surface area contributed by atoms with Crippen molar-refractivity contribution >= 4 is 11.9 Å². The van der Waals surface area contributed by atoms with Crippen molar-refractivity contribution in [2.45, 2.75) is 124 Å². The van der Waals surface area contributed by atoms with Crippen LogP contribution in [0.1, 0.15) is 124 Å². The van der Waals surface area contributed by atoms with Gasteiger partial charge in [0.25, 0.3) is 0 Å². The van der Waals surface area contributed by atoms with E-state index in [1.165, 1.54) is 38.5 Å². The van der Waals surface area contributed by atoms with Crippen molar-refractivity contribution in [3.63, 3.8) is 0 Å². The summed E-state index contributed by atoms with van der Waals surface area (Å²) in [5.74, 6) is 1.17. The van der Waals surface area contributed by atoms with Gasteiger partial charge in [-0.2, -0.15) is 0 Å². The van der Waals surface area contributed by atoms with Crippen LogP contribution in [0.5, 0.6) is 0 Å². The Morgan fingerprint density at radius 2 is 1.10 bits per heavy atom. The molecule has 0 aliphatic rings. The first-order valence-corrected chi connectivity index (χ1v) is 12.3. The summed E-state index contributed by atoms with van der Waals surface area (Å²) < 4.78 is 10.4. The zero-order valence-electron chi connectivity index (χ0n) is 19.8. The fourth-order valence-electron chi connectivity index (χ4n) is 3.48. The quantitative estimate of drug-likeness (QED) is 0.156. The van der Waals surface area contributed by atoms with Crippen molar-refractivity contribution in [3.05, 3.63) is 0 Å². The molecule has 0 heterocycles. The smallest absolute Gasteiger partial charge is 0.305 e. The van der Waals surface area contributed by atoms with E-state index in [0.29, 0.717) is 37.9 Å². The van der Waals surface area contributed by atoms with Crippen LogP contribution in [0.4, 0.5) is 0 Å². The third-order valence-electron chi connectivity index (χ3n) is 5.64. The summed E-state index contributed by atoms with van der Waals surface area (Å²) in [7, 11) is 0. The zero-order valence-corrected chi connectivity index (χ0v) is 19.8. The van der Waals surface area contributed by atoms with Gasteiger partial charge in [-0.05, 0) is 37.5 Å². The minimum Gasteiger partial charge on any atom is -0.466 e. The van der Waals surface area contributed by atoms with Crippen molar-refractivity contribution in [1.29, 1.82) is 0 Å². The molecule has 0 bridgehead atoms. The Morgan fingerprint density at radius 3 is 1.62 bits per heavy atom. The molecule has 4 heteroatoms. The van der Waals surface area contributed by atoms with E-state index in [1.807, 2.05) is 0 Å². The minimum atomic E-state index is -0.0348. The molecule has 0 saturated heterocycles. The third kappa shape index (κ3) is 18.7. The lowest BCUT2D eigenvalue weighted by Gasteiger charge is -2.20. The Bertz CT molecular complexity index is 392. The lowest BCUT2D eigenvalue weighted by molar-refractivity contribution is -0.145. The zero-order chi connectivity index (χ0) is 21.7. The van der Waals surface area contributed by atoms with Crippen molar-refractivity contribution < 1.29 is 19.1 Å². The topological polar surface area (TPSA) is 52.6 Å². The van der Waals surface area contributed by atoms with E-state index in [4.69, 9.17) is 9.47 Å². The highest BCUT2D eigenvalue weighted by atomic mass is 16.5. The van der Waals surface area contributed by atoms with E-state index in [1.54, 1.807) is 0 Å². The van der Waals surface area contributed by atoms with Gasteiger partial charge in [0.2, 0.25) is 0 Å². The molecule has 29 heavy (non-hydrogen) atoms. The maximum Gasteiger partial charge on any atom is 0.305 e. The van der Waals surface area contributed by atoms with Crippen LogP contribution >= 0.6 is 0 Å². The number of hydrogen-bond donors (Lipinski definition) is 0. The van der Waals surface area contributed by atoms with E-state index >= 15 is 0 Å². The Hall–Kier alpha value is -1.06. The molecule has 172 valence electrons. The van der Waals surface area contributed by atoms with Crippen LogP contribution in [0.25, 0.3) is 0 Å². The molecule has 0 spiro atoms. The van der Waals surface area contributed by atoms with Gasteiger partial charge in [0, 0.05) is 12.8 Å². The first-order chi connectivity index (χ1) is 14.0. The standard InChI is InChI=1S/C25H48O4/c1-5-7-20-28-24(26)17-15-13-11-9-10-12-14-16-23(22(3)4)18-19-25(27)29-21-8-6-2/h22-23H,5-21H2,1-4H3. The molecule has 0 fully saturated rings. The maximum atomic E-state index is 11.8. The van der Waals surface area contributed by atoms with Gasteiger partial charge in [0.1, 0.15) is 0 Å². The minimum absolute atomic E-state index is 0.0293. The molecule has 0 aliphatic carbocycles. The predicted molar refractivity (Wildman–Crippen MR) is 121 cm³/mol. The lowest BCUT2D eigenvalue weighted by atomic mass is 9.86. The summed E-state index contributed by atoms with van der Waals surface area (Å²) in [6.45, 7) is 9.88. The highest BCUT2D eigenvalue weighted by molar-refractivity contribution is 5.69. The third-order valence-corrected chi connectivity index (χ3v) is 5.64. The van der Waals surface area contributed by atoms with Gasteiger partial charge >= 0.3 is 11.9 Å². The molecule has 1 unspecified atom stereocenters. The first kappa shape index (κ1) is 27.9. The van der Waals surface area contributed by atoms with Gasteiger partial charge in [-0.1, -0.05) is 85.5 Å². The number of unbranched alkanes of at least 4 members (excludes halogenated alkanes) is 8. The molecule has 0 amide bonds. The molecule has 0 N–H and O–H groups in total. The fraction of sp³-hybridized carbons (Fsp3) is 0.920. The largest absolute Gasteiger partial charge is 0.466 e. The number of ether oxygens (including phenoxy) is 2. The van der Waals surface area contributed by atoms with E-state index in [-0.39, 0.29) is 11.9 Å². The summed E-state index contributed by atoms with van der Waals surface area (Å²) in [5.41, 5.74) is 0. The number of rotatable bonds is 20. The Labute approximate surface area is 180 Å². The molecular formula is C25H48O4. The first-order valence-electron chi connectivity index (χ1n) is 12.3. The van der Waals surface area contributed by atoms with Crippen molar-refractivity contribution in [2.24, 2.45) is 11.8 Å². The van der Waals surface area contributed by atoms with Crippen LogP contribution in [-0.2, 0) is 19.1 Å². The average Bonchev–Trinajstić information content (AvgIpc) is 2.69. The van der Waals surface area contributed by atoms with E-state index < -0.39 is 0 Å². The molecular weight excluding hydrogens is 364 g/mol. The lowest BCUT2D eigenvalue weighted by Crippen LogP contribution is -2.13. The van der Waals surface area contributed by atoms with Crippen LogP contribution in [0, 0.1) is 11.8 Å². The van der Waals surface area contributed by atoms with Gasteiger partial charge < -0.3 is 9.47 Å². The molecule has 1 atom stereocenters. The number of esters is 2. The van der Waals surface area contributed by atoms with Crippen molar-refractivity contribution in [3.8, 4) is 0 Å². The van der Waals surface area contributed by atoms with E-state index in [2.05, 4.69) is 27.7 Å². The summed E-state index contributed by atoms with van der Waals surface area (Å²) in [6.07, 6.45) is 15.7. The maximum absolute atomic E-state index is 11.8. The normalized spacial score (nSPS) is 12.2. The molecule has 0 rings (SSSR count). The van der Waals surface area contributed by atoms with Crippen molar-refractivity contribution in [2.75, 3.05) is 13.2 Å². The monoisotopic (exact) mass is 412 g/mol. The fourth-order valence-corrected chi connectivity index (χ4v) is 3.48. The number of carbonyl (C=O) groups is 2. The van der Waals surface area contributed by atoms with Crippen LogP contribution in [-0.4, -0.2) is 25.2 Å². The van der Waals surface area contributed by atoms with Crippen LogP contribution in [0.15, 0.2) is 0 Å². The van der Waals surface area contributed by atoms with Crippen LogP contribution in [0.3, 0.4) is 0 Å². The Balaban J connectivity index is 3.62. The van der Waals surface area contributed by atoms with Gasteiger partial charge in [-0.3, -0.25) is 9.59 Å². The average molecular weight is 413 g/mol. The number of carbonyl (C=O) groups excluding carboxylic acids is 2. The van der Waals surface area contributed by atoms with Gasteiger partial charge in [-0.25, -0.2) is 0 Å². The van der Waals surface area contributed by atoms with Gasteiger partial charge in [0.05, 0.1) is 13.2 Å². The molecule has 4 nitrogen and oxygen atoms in total. The molecule has 0 radical (unpaired) electrons. The molecule has 0 aromatic carbocycles. The second kappa shape index (κ2) is 20.2. The summed E-state index contributed by atoms with van der Waals surface area (Å²) in [5, 5.41) is 0. The summed E-state index contributed by atoms with van der Waals surface area (Å²) in [4.78, 5) is 23.3. The summed E-state index contributed by atoms with van der Waals surface area (Å²) in [6, 6.07) is 0. The van der Waals surface area contributed by atoms with Gasteiger partial charge in [-0.15, -0.1) is 0 Å². The van der Waals surface area contributed by atoms with E-state index in [9.17, 15) is 9.59 Å².